The van der Waals surface area contributed by atoms with Crippen molar-refractivity contribution in [1.82, 2.24) is 30.0 Å². The summed E-state index contributed by atoms with van der Waals surface area (Å²) in [6.45, 7) is 0. The number of nitrogens with two attached hydrogens (primary N) is 1. The molecule has 2 aromatic rings. The minimum absolute atomic E-state index is 0.106. The summed E-state index contributed by atoms with van der Waals surface area (Å²) in [5, 5.41) is 21.6. The summed E-state index contributed by atoms with van der Waals surface area (Å²) in [6.07, 6.45) is 0. The molecule has 18 heteroatoms. The number of carboxylic acids is 1. The van der Waals surface area contributed by atoms with Crippen LogP contribution in [-0.4, -0.2) is 97.8 Å². The van der Waals surface area contributed by atoms with Crippen LogP contribution in [0.15, 0.2) is 36.1 Å². The van der Waals surface area contributed by atoms with Crippen molar-refractivity contribution in [2.24, 2.45) is 12.2 Å². The molecule has 2 aromatic heterocycles. The van der Waals surface area contributed by atoms with Gasteiger partial charge in [0.1, 0.15) is 0 Å². The maximum atomic E-state index is 12.9. The van der Waals surface area contributed by atoms with Crippen molar-refractivity contribution in [2.75, 3.05) is 24.3 Å². The Labute approximate surface area is 215 Å². The van der Waals surface area contributed by atoms with Crippen molar-refractivity contribution >= 4 is 66.2 Å². The van der Waals surface area contributed by atoms with E-state index in [1.807, 2.05) is 0 Å². The molecule has 5 N–H and O–H groups in total. The monoisotopic (exact) mass is 602 g/mol. The molecule has 0 radical (unpaired) electrons. The van der Waals surface area contributed by atoms with Gasteiger partial charge in [0.05, 0.1) is 0 Å². The first kappa shape index (κ1) is 25.7. The van der Waals surface area contributed by atoms with Gasteiger partial charge in [0.15, 0.2) is 5.16 Å². The number of fused-ring (bicyclic) bond motifs is 1. The minimum atomic E-state index is -1.30. The van der Waals surface area contributed by atoms with Crippen LogP contribution in [0.25, 0.3) is 0 Å². The Bertz CT molecular complexity index is 1430. The van der Waals surface area contributed by atoms with Gasteiger partial charge in [0.2, 0.25) is 0 Å². The van der Waals surface area contributed by atoms with Gasteiger partial charge in [-0.15, -0.1) is 5.10 Å². The zero-order chi connectivity index (χ0) is 26.1. The van der Waals surface area contributed by atoms with E-state index >= 15 is 0 Å². The van der Waals surface area contributed by atoms with Gasteiger partial charge in [-0.3, -0.25) is 14.2 Å². The van der Waals surface area contributed by atoms with Gasteiger partial charge in [-0.05, 0) is 0 Å². The fourth-order valence-electron chi connectivity index (χ4n) is 3.44. The molecular weight excluding hydrogens is 583 g/mol. The van der Waals surface area contributed by atoms with E-state index < -0.39 is 40.3 Å². The number of β-lactam (4-membered cyclic amide) rings is 1. The normalized spacial score (nSPS) is 19.6. The number of hydrogen-bond donors (Lipinski definition) is 4. The molecule has 0 aliphatic carbocycles. The number of nitrogens with one attached hydrogen (secondary N) is 2. The summed E-state index contributed by atoms with van der Waals surface area (Å²) in [5.74, 6) is -2.25. The Morgan fingerprint density at radius 1 is 1.44 bits per heavy atom. The first-order chi connectivity index (χ1) is 17.1. The number of carboxylic acid groups (broad SMARTS) is 1. The molecular formula is C18H18N8O7S2Se. The fourth-order valence-corrected chi connectivity index (χ4v) is 6.99. The molecule has 1 fully saturated rings. The Kier molecular flexibility index (Phi) is 7.39. The van der Waals surface area contributed by atoms with E-state index in [1.54, 1.807) is 4.94 Å². The average Bonchev–Trinajstić information content (AvgIpc) is 3.28. The van der Waals surface area contributed by atoms with Crippen LogP contribution in [0.5, 0.6) is 0 Å². The first-order valence-electron chi connectivity index (χ1n) is 9.96. The van der Waals surface area contributed by atoms with Gasteiger partial charge in [0, 0.05) is 7.05 Å². The number of carbonyl (C=O) groups excluding carboxylic acids is 2. The van der Waals surface area contributed by atoms with Crippen LogP contribution in [-0.2, 0) is 26.3 Å². The van der Waals surface area contributed by atoms with E-state index in [4.69, 9.17) is 10.6 Å². The molecule has 2 aliphatic rings. The number of rotatable bonds is 8. The molecule has 0 spiro atoms. The molecule has 0 unspecified atom stereocenters. The number of amides is 2. The molecule has 15 nitrogen and oxygen atoms in total. The third-order valence-electron chi connectivity index (χ3n) is 5.11. The van der Waals surface area contributed by atoms with Gasteiger partial charge in [-0.2, -0.15) is 0 Å². The zero-order valence-electron chi connectivity index (χ0n) is 18.6. The van der Waals surface area contributed by atoms with Crippen molar-refractivity contribution < 1.29 is 24.3 Å². The number of aromatic amines is 1. The second-order valence-electron chi connectivity index (χ2n) is 7.30. The number of thioether (sulfide) groups is 2. The first-order valence-corrected chi connectivity index (χ1v) is 13.8. The summed E-state index contributed by atoms with van der Waals surface area (Å²) in [6, 6.07) is -0.983. The molecule has 36 heavy (non-hydrogen) atoms. The van der Waals surface area contributed by atoms with Crippen LogP contribution < -0.4 is 22.2 Å². The van der Waals surface area contributed by atoms with Crippen molar-refractivity contribution in [3.8, 4) is 0 Å². The number of carbonyl (C=O) groups is 3. The number of nitrogen functional groups attached to an aromatic ring is 1. The van der Waals surface area contributed by atoms with Crippen LogP contribution in [0.2, 0.25) is 0 Å². The van der Waals surface area contributed by atoms with Gasteiger partial charge in [-0.1, -0.05) is 0 Å². The number of anilines is 1. The van der Waals surface area contributed by atoms with E-state index in [-0.39, 0.29) is 48.3 Å². The predicted octanol–water partition coefficient (Wildman–Crippen LogP) is -2.62. The molecule has 2 atom stereocenters. The van der Waals surface area contributed by atoms with Gasteiger partial charge in [-0.25, -0.2) is 5.10 Å². The second-order valence-corrected chi connectivity index (χ2v) is 11.2. The summed E-state index contributed by atoms with van der Waals surface area (Å²) >= 11 is 2.10. The van der Waals surface area contributed by atoms with E-state index in [9.17, 15) is 29.1 Å². The Hall–Kier alpha value is -3.34. The number of oxime groups is 1. The molecule has 0 saturated carbocycles. The number of nitrogens with zero attached hydrogens (tertiary/aromatic N) is 5. The van der Waals surface area contributed by atoms with E-state index in [1.165, 1.54) is 25.9 Å². The fraction of sp³-hybridized carbons (Fsp3) is 0.333. The van der Waals surface area contributed by atoms with Crippen molar-refractivity contribution in [3.05, 3.63) is 42.6 Å². The number of H-pyrrole nitrogens is 1. The number of aromatic nitrogens is 4. The standard InChI is InChI=1S/C18H18N8O7S2Se/c1-25-14(30)12(28)22-23-18(25)35-4-6-3-34-15-9(13(29)26(15)10(6)16(31)32)21-11(27)8(24-33-2)7-5-36-17(19)20-7/h5,9,15H,3-4H2,1-2H3,(H2,19,20)(H,21,27)(H,22,28)(H,31,32)/t9-,15-/m1/s1. The third-order valence-corrected chi connectivity index (χ3v) is 8.98. The molecule has 1 saturated heterocycles. The second kappa shape index (κ2) is 10.3. The summed E-state index contributed by atoms with van der Waals surface area (Å²) < 4.78 is 1.42. The average molecular weight is 601 g/mol. The summed E-state index contributed by atoms with van der Waals surface area (Å²) in [4.78, 5) is 72.6. The quantitative estimate of drug-likeness (QED) is 0.0611. The summed E-state index contributed by atoms with van der Waals surface area (Å²) in [7, 11) is 2.64. The van der Waals surface area contributed by atoms with Crippen molar-refractivity contribution in [1.29, 1.82) is 0 Å². The zero-order valence-corrected chi connectivity index (χ0v) is 21.9. The van der Waals surface area contributed by atoms with Gasteiger partial charge >= 0.3 is 180 Å². The number of aliphatic carboxylic acids is 1. The topological polar surface area (TPSA) is 215 Å². The molecule has 190 valence electrons. The van der Waals surface area contributed by atoms with Crippen LogP contribution in [0.1, 0.15) is 5.69 Å². The van der Waals surface area contributed by atoms with E-state index in [0.29, 0.717) is 10.3 Å². The molecule has 0 aromatic carbocycles. The number of hydrogen-bond acceptors (Lipinski definition) is 12. The molecule has 4 rings (SSSR count). The van der Waals surface area contributed by atoms with Crippen LogP contribution >= 0.6 is 23.5 Å². The van der Waals surface area contributed by atoms with E-state index in [0.717, 1.165) is 21.2 Å². The van der Waals surface area contributed by atoms with Crippen molar-refractivity contribution in [3.63, 3.8) is 0 Å². The predicted molar refractivity (Wildman–Crippen MR) is 130 cm³/mol. The van der Waals surface area contributed by atoms with Crippen LogP contribution in [0.4, 0.5) is 4.69 Å². The molecule has 2 amide bonds. The third kappa shape index (κ3) is 4.71. The Morgan fingerprint density at radius 2 is 2.19 bits per heavy atom. The van der Waals surface area contributed by atoms with Crippen molar-refractivity contribution in [2.45, 2.75) is 16.6 Å². The molecule has 0 bridgehead atoms. The van der Waals surface area contributed by atoms with Crippen LogP contribution in [0.3, 0.4) is 0 Å². The molecule has 4 heterocycles. The maximum absolute atomic E-state index is 12.9. The van der Waals surface area contributed by atoms with Gasteiger partial charge < -0.3 is 0 Å². The summed E-state index contributed by atoms with van der Waals surface area (Å²) in [5.41, 5.74) is 4.34. The Morgan fingerprint density at radius 3 is 2.83 bits per heavy atom. The molecule has 2 aliphatic heterocycles. The van der Waals surface area contributed by atoms with Gasteiger partial charge in [0.25, 0.3) is 0 Å². The SMILES string of the molecule is CON=C(C(=O)N[C@@H]1C(=O)N2C(C(=O)O)=C(CSc3n[nH]c(=O)c(=O)n3C)CS[C@H]12)c1c[se]c(N)n1. The Balaban J connectivity index is 1.51. The van der Waals surface area contributed by atoms with E-state index in [2.05, 4.69) is 25.7 Å². The van der Waals surface area contributed by atoms with Crippen LogP contribution in [0, 0.1) is 0 Å².